The van der Waals surface area contributed by atoms with Gasteiger partial charge in [-0.1, -0.05) is 46.6 Å². The molecule has 3 N–H and O–H groups in total. The van der Waals surface area contributed by atoms with Crippen LogP contribution in [0.4, 0.5) is 10.5 Å². The van der Waals surface area contributed by atoms with Gasteiger partial charge in [0.25, 0.3) is 5.91 Å². The first kappa shape index (κ1) is 24.4. The van der Waals surface area contributed by atoms with Gasteiger partial charge in [-0.25, -0.2) is 9.69 Å². The normalized spacial score (nSPS) is 23.0. The molecule has 1 aromatic carbocycles. The number of carbonyl (C=O) groups excluding carboxylic acids is 2. The second kappa shape index (κ2) is 10.7. The van der Waals surface area contributed by atoms with Crippen molar-refractivity contribution in [1.82, 2.24) is 4.90 Å². The number of amides is 2. The highest BCUT2D eigenvalue weighted by molar-refractivity contribution is 8.76. The number of aliphatic hydroxyl groups is 3. The third-order valence-electron chi connectivity index (χ3n) is 6.41. The molecule has 1 unspecified atom stereocenters. The van der Waals surface area contributed by atoms with Gasteiger partial charge in [0, 0.05) is 17.5 Å². The number of hydrogen-bond donors (Lipinski definition) is 3. The van der Waals surface area contributed by atoms with Gasteiger partial charge in [-0.15, -0.1) is 0 Å². The summed E-state index contributed by atoms with van der Waals surface area (Å²) in [6.45, 7) is 3.67. The van der Waals surface area contributed by atoms with Gasteiger partial charge in [0.1, 0.15) is 6.61 Å². The van der Waals surface area contributed by atoms with Crippen LogP contribution in [-0.4, -0.2) is 68.6 Å². The minimum absolute atomic E-state index is 0.173. The predicted octanol–water partition coefficient (Wildman–Crippen LogP) is 3.04. The van der Waals surface area contributed by atoms with Crippen molar-refractivity contribution in [3.8, 4) is 0 Å². The molecular formula is C23H30N2O6S2. The summed E-state index contributed by atoms with van der Waals surface area (Å²) in [5, 5.41) is 31.3. The van der Waals surface area contributed by atoms with Crippen molar-refractivity contribution in [2.75, 3.05) is 23.8 Å². The van der Waals surface area contributed by atoms with Crippen LogP contribution in [0.3, 0.4) is 0 Å². The molecule has 2 heterocycles. The number of anilines is 1. The Morgan fingerprint density at radius 3 is 2.58 bits per heavy atom. The van der Waals surface area contributed by atoms with Gasteiger partial charge in [0.2, 0.25) is 0 Å². The van der Waals surface area contributed by atoms with E-state index in [2.05, 4.69) is 6.58 Å². The lowest BCUT2D eigenvalue weighted by molar-refractivity contribution is 0.0493. The van der Waals surface area contributed by atoms with Crippen molar-refractivity contribution < 1.29 is 29.6 Å². The average Bonchev–Trinajstić information content (AvgIpc) is 3.46. The molecule has 33 heavy (non-hydrogen) atoms. The van der Waals surface area contributed by atoms with Crippen molar-refractivity contribution in [2.24, 2.45) is 0 Å². The molecule has 8 nitrogen and oxygen atoms in total. The molecule has 3 aliphatic rings. The first-order valence-corrected chi connectivity index (χ1v) is 13.6. The third kappa shape index (κ3) is 5.05. The van der Waals surface area contributed by atoms with Crippen LogP contribution in [0.1, 0.15) is 53.6 Å². The van der Waals surface area contributed by atoms with E-state index in [-0.39, 0.29) is 43.5 Å². The molecule has 4 rings (SSSR count). The quantitative estimate of drug-likeness (QED) is 0.301. The zero-order chi connectivity index (χ0) is 23.5. The monoisotopic (exact) mass is 494 g/mol. The summed E-state index contributed by atoms with van der Waals surface area (Å²) in [5.41, 5.74) is 1.91. The van der Waals surface area contributed by atoms with Crippen molar-refractivity contribution in [1.29, 1.82) is 0 Å². The van der Waals surface area contributed by atoms with Gasteiger partial charge < -0.3 is 25.0 Å². The molecule has 1 aromatic rings. The number of benzene rings is 1. The third-order valence-corrected chi connectivity index (χ3v) is 9.34. The molecule has 0 bridgehead atoms. The highest BCUT2D eigenvalue weighted by atomic mass is 33.1. The minimum atomic E-state index is -1.33. The maximum absolute atomic E-state index is 13.3. The number of nitrogens with zero attached hydrogens (tertiary/aromatic N) is 2. The van der Waals surface area contributed by atoms with Crippen LogP contribution >= 0.6 is 21.6 Å². The van der Waals surface area contributed by atoms with E-state index in [1.165, 1.54) is 42.7 Å². The summed E-state index contributed by atoms with van der Waals surface area (Å²) < 4.78 is 5.50. The largest absolute Gasteiger partial charge is 0.448 e. The molecule has 0 radical (unpaired) electrons. The van der Waals surface area contributed by atoms with E-state index in [0.29, 0.717) is 28.6 Å². The first-order valence-electron chi connectivity index (χ1n) is 11.2. The molecular weight excluding hydrogens is 464 g/mol. The molecule has 0 aromatic heterocycles. The van der Waals surface area contributed by atoms with Gasteiger partial charge in [-0.05, 0) is 42.5 Å². The minimum Gasteiger partial charge on any atom is -0.448 e. The van der Waals surface area contributed by atoms with Gasteiger partial charge in [0.15, 0.2) is 6.23 Å². The Balaban J connectivity index is 1.55. The summed E-state index contributed by atoms with van der Waals surface area (Å²) in [6, 6.07) is 2.31. The maximum atomic E-state index is 13.3. The molecule has 2 atom stereocenters. The fraction of sp³-hybridized carbons (Fsp3) is 0.565. The molecule has 10 heteroatoms. The fourth-order valence-corrected chi connectivity index (χ4v) is 7.31. The molecule has 1 aliphatic carbocycles. The smallest absolute Gasteiger partial charge is 0.416 e. The molecule has 2 amide bonds. The highest BCUT2D eigenvalue weighted by Gasteiger charge is 2.46. The Kier molecular flexibility index (Phi) is 7.91. The zero-order valence-corrected chi connectivity index (χ0v) is 20.1. The van der Waals surface area contributed by atoms with E-state index in [9.17, 15) is 24.9 Å². The number of carbonyl (C=O) groups is 2. The number of aliphatic hydroxyl groups excluding tert-OH is 3. The van der Waals surface area contributed by atoms with E-state index in [1.807, 2.05) is 10.8 Å². The summed E-state index contributed by atoms with van der Waals surface area (Å²) in [6.07, 6.45) is 3.31. The summed E-state index contributed by atoms with van der Waals surface area (Å²) in [4.78, 5) is 29.1. The standard InChI is InChI=1S/C23H30N2O6S2/c1-14-8-20-22(29)25(23(30)31-6-7-32-33-17-4-2-3-5-17)19-10-16(13-27)15(12-26)9-18(19)21(28)24(20)11-14/h9-10,17,20,22,26-27,29H,1-8,11-13H2/t20-,22?/m0/s1. The lowest BCUT2D eigenvalue weighted by atomic mass is 10.0. The van der Waals surface area contributed by atoms with Crippen LogP contribution in [0, 0.1) is 0 Å². The summed E-state index contributed by atoms with van der Waals surface area (Å²) in [5.74, 6) is 0.270. The van der Waals surface area contributed by atoms with Crippen LogP contribution in [0.2, 0.25) is 0 Å². The number of ether oxygens (including phenoxy) is 1. The topological polar surface area (TPSA) is 111 Å². The van der Waals surface area contributed by atoms with Gasteiger partial charge in [-0.3, -0.25) is 4.79 Å². The average molecular weight is 495 g/mol. The van der Waals surface area contributed by atoms with E-state index in [0.717, 1.165) is 10.5 Å². The van der Waals surface area contributed by atoms with Crippen molar-refractivity contribution in [2.45, 2.75) is 62.8 Å². The Morgan fingerprint density at radius 1 is 1.18 bits per heavy atom. The lowest BCUT2D eigenvalue weighted by Gasteiger charge is -2.31. The molecule has 2 fully saturated rings. The Hall–Kier alpha value is -1.72. The number of hydrogen-bond acceptors (Lipinski definition) is 8. The predicted molar refractivity (Wildman–Crippen MR) is 129 cm³/mol. The molecule has 1 saturated carbocycles. The Labute approximate surface area is 201 Å². The van der Waals surface area contributed by atoms with Crippen LogP contribution in [0.5, 0.6) is 0 Å². The van der Waals surface area contributed by atoms with Gasteiger partial charge in [0.05, 0.1) is 30.5 Å². The maximum Gasteiger partial charge on any atom is 0.416 e. The van der Waals surface area contributed by atoms with E-state index in [4.69, 9.17) is 4.74 Å². The second-order valence-electron chi connectivity index (χ2n) is 8.63. The first-order chi connectivity index (χ1) is 15.9. The van der Waals surface area contributed by atoms with Crippen LogP contribution in [0.25, 0.3) is 0 Å². The van der Waals surface area contributed by atoms with E-state index in [1.54, 1.807) is 10.8 Å². The van der Waals surface area contributed by atoms with Gasteiger partial charge in [-0.2, -0.15) is 0 Å². The van der Waals surface area contributed by atoms with Crippen LogP contribution in [0.15, 0.2) is 24.3 Å². The van der Waals surface area contributed by atoms with Crippen molar-refractivity contribution in [3.05, 3.63) is 41.0 Å². The lowest BCUT2D eigenvalue weighted by Crippen LogP contribution is -2.51. The molecule has 1 saturated heterocycles. The van der Waals surface area contributed by atoms with E-state index >= 15 is 0 Å². The van der Waals surface area contributed by atoms with Crippen molar-refractivity contribution >= 4 is 39.3 Å². The highest BCUT2D eigenvalue weighted by Crippen LogP contribution is 2.39. The summed E-state index contributed by atoms with van der Waals surface area (Å²) in [7, 11) is 3.52. The fourth-order valence-electron chi connectivity index (χ4n) is 4.70. The second-order valence-corrected chi connectivity index (χ2v) is 11.4. The SMILES string of the molecule is C=C1C[C@H]2C(O)N(C(=O)OCCSSC3CCCC3)c3cc(CO)c(CO)cc3C(=O)N2C1. The number of fused-ring (bicyclic) bond motifs is 2. The van der Waals surface area contributed by atoms with Crippen molar-refractivity contribution in [3.63, 3.8) is 0 Å². The number of rotatable bonds is 7. The zero-order valence-electron chi connectivity index (χ0n) is 18.4. The molecule has 2 aliphatic heterocycles. The Morgan fingerprint density at radius 2 is 1.88 bits per heavy atom. The molecule has 180 valence electrons. The van der Waals surface area contributed by atoms with Gasteiger partial charge >= 0.3 is 6.09 Å². The van der Waals surface area contributed by atoms with Crippen LogP contribution in [-0.2, 0) is 18.0 Å². The molecule has 0 spiro atoms. The Bertz CT molecular complexity index is 920. The van der Waals surface area contributed by atoms with Crippen LogP contribution < -0.4 is 4.90 Å². The summed E-state index contributed by atoms with van der Waals surface area (Å²) >= 11 is 0. The van der Waals surface area contributed by atoms with E-state index < -0.39 is 18.4 Å².